The molecule has 0 saturated heterocycles. The van der Waals surface area contributed by atoms with Gasteiger partial charge in [-0.3, -0.25) is 10.1 Å². The number of nitro groups is 1. The Hall–Kier alpha value is -2.14. The molecule has 0 fully saturated rings. The van der Waals surface area contributed by atoms with Gasteiger partial charge in [-0.05, 0) is 36.2 Å². The summed E-state index contributed by atoms with van der Waals surface area (Å²) in [5.74, 6) is -0.841. The average molecular weight is 295 g/mol. The van der Waals surface area contributed by atoms with Crippen LogP contribution in [0.15, 0.2) is 42.5 Å². The zero-order valence-electron chi connectivity index (χ0n) is 10.5. The van der Waals surface area contributed by atoms with Crippen molar-refractivity contribution in [1.29, 1.82) is 0 Å². The van der Waals surface area contributed by atoms with Gasteiger partial charge in [-0.1, -0.05) is 29.8 Å². The van der Waals surface area contributed by atoms with Crippen molar-refractivity contribution in [3.63, 3.8) is 0 Å². The summed E-state index contributed by atoms with van der Waals surface area (Å²) in [5.41, 5.74) is 0.702. The van der Waals surface area contributed by atoms with Crippen LogP contribution in [0.2, 0.25) is 5.02 Å². The van der Waals surface area contributed by atoms with Gasteiger partial charge in [-0.15, -0.1) is 0 Å². The summed E-state index contributed by atoms with van der Waals surface area (Å²) in [6.07, 6.45) is 0.658. The van der Waals surface area contributed by atoms with Crippen molar-refractivity contribution in [2.75, 3.05) is 11.9 Å². The van der Waals surface area contributed by atoms with Crippen molar-refractivity contribution < 1.29 is 9.31 Å². The number of nitrogens with zero attached hydrogens (tertiary/aromatic N) is 1. The Kier molecular flexibility index (Phi) is 4.53. The summed E-state index contributed by atoms with van der Waals surface area (Å²) in [6, 6.07) is 11.3. The van der Waals surface area contributed by atoms with Gasteiger partial charge in [-0.2, -0.15) is 4.39 Å². The smallest absolute Gasteiger partial charge is 0.327 e. The molecule has 104 valence electrons. The van der Waals surface area contributed by atoms with Gasteiger partial charge in [0.2, 0.25) is 5.82 Å². The number of anilines is 1. The third-order valence-electron chi connectivity index (χ3n) is 2.81. The summed E-state index contributed by atoms with van der Waals surface area (Å²) in [7, 11) is 0. The first-order valence-electron chi connectivity index (χ1n) is 5.99. The lowest BCUT2D eigenvalue weighted by Crippen LogP contribution is -2.07. The molecule has 0 atom stereocenters. The molecule has 2 aromatic rings. The van der Waals surface area contributed by atoms with Gasteiger partial charge in [0.15, 0.2) is 0 Å². The predicted octanol–water partition coefficient (Wildman–Crippen LogP) is 4.04. The van der Waals surface area contributed by atoms with E-state index in [-0.39, 0.29) is 5.69 Å². The number of para-hydroxylation sites is 1. The van der Waals surface area contributed by atoms with E-state index in [1.807, 2.05) is 12.1 Å². The van der Waals surface area contributed by atoms with Crippen LogP contribution in [0.1, 0.15) is 5.56 Å². The molecule has 2 rings (SSSR count). The van der Waals surface area contributed by atoms with E-state index < -0.39 is 16.4 Å². The molecule has 0 amide bonds. The molecule has 1 N–H and O–H groups in total. The minimum Gasteiger partial charge on any atom is -0.379 e. The Balaban J connectivity index is 2.02. The SMILES string of the molecule is O=[N+]([O-])c1c(F)cccc1NCCc1ccc(Cl)cc1. The first-order valence-corrected chi connectivity index (χ1v) is 6.37. The van der Waals surface area contributed by atoms with Crippen LogP contribution in [-0.2, 0) is 6.42 Å². The van der Waals surface area contributed by atoms with E-state index in [0.717, 1.165) is 11.6 Å². The van der Waals surface area contributed by atoms with Gasteiger partial charge in [-0.25, -0.2) is 0 Å². The Morgan fingerprint density at radius 3 is 2.55 bits per heavy atom. The maximum Gasteiger partial charge on any atom is 0.327 e. The number of nitrogens with one attached hydrogen (secondary N) is 1. The maximum absolute atomic E-state index is 13.4. The highest BCUT2D eigenvalue weighted by Gasteiger charge is 2.19. The maximum atomic E-state index is 13.4. The third-order valence-corrected chi connectivity index (χ3v) is 3.06. The Morgan fingerprint density at radius 1 is 1.20 bits per heavy atom. The van der Waals surface area contributed by atoms with E-state index in [1.54, 1.807) is 12.1 Å². The van der Waals surface area contributed by atoms with E-state index in [2.05, 4.69) is 5.32 Å². The Morgan fingerprint density at radius 2 is 1.90 bits per heavy atom. The highest BCUT2D eigenvalue weighted by atomic mass is 35.5. The van der Waals surface area contributed by atoms with Crippen molar-refractivity contribution in [1.82, 2.24) is 0 Å². The first-order chi connectivity index (χ1) is 9.58. The van der Waals surface area contributed by atoms with Gasteiger partial charge in [0.25, 0.3) is 0 Å². The number of rotatable bonds is 5. The van der Waals surface area contributed by atoms with Crippen molar-refractivity contribution in [3.8, 4) is 0 Å². The van der Waals surface area contributed by atoms with Gasteiger partial charge < -0.3 is 5.32 Å². The lowest BCUT2D eigenvalue weighted by Gasteiger charge is -2.07. The van der Waals surface area contributed by atoms with Crippen LogP contribution in [0.25, 0.3) is 0 Å². The fourth-order valence-corrected chi connectivity index (χ4v) is 1.96. The number of halogens is 2. The molecule has 0 heterocycles. The number of benzene rings is 2. The molecule has 0 spiro atoms. The second kappa shape index (κ2) is 6.34. The third kappa shape index (κ3) is 3.45. The van der Waals surface area contributed by atoms with Gasteiger partial charge in [0.05, 0.1) is 4.92 Å². The molecule has 0 unspecified atom stereocenters. The highest BCUT2D eigenvalue weighted by molar-refractivity contribution is 6.30. The molecular formula is C14H12ClFN2O2. The quantitative estimate of drug-likeness (QED) is 0.669. The molecule has 0 radical (unpaired) electrons. The molecule has 0 saturated carbocycles. The molecule has 0 aliphatic carbocycles. The van der Waals surface area contributed by atoms with Crippen LogP contribution in [-0.4, -0.2) is 11.5 Å². The largest absolute Gasteiger partial charge is 0.379 e. The van der Waals surface area contributed by atoms with Gasteiger partial charge in [0, 0.05) is 11.6 Å². The van der Waals surface area contributed by atoms with E-state index in [0.29, 0.717) is 18.0 Å². The monoisotopic (exact) mass is 294 g/mol. The van der Waals surface area contributed by atoms with Crippen molar-refractivity contribution in [2.45, 2.75) is 6.42 Å². The Bertz CT molecular complexity index is 617. The zero-order valence-corrected chi connectivity index (χ0v) is 11.2. The van der Waals surface area contributed by atoms with Crippen molar-refractivity contribution >= 4 is 23.0 Å². The molecule has 4 nitrogen and oxygen atoms in total. The van der Waals surface area contributed by atoms with E-state index in [4.69, 9.17) is 11.6 Å². The molecular weight excluding hydrogens is 283 g/mol. The van der Waals surface area contributed by atoms with Crippen LogP contribution in [0.5, 0.6) is 0 Å². The van der Waals surface area contributed by atoms with Crippen LogP contribution in [0.3, 0.4) is 0 Å². The molecule has 0 aliphatic rings. The lowest BCUT2D eigenvalue weighted by molar-refractivity contribution is -0.386. The fourth-order valence-electron chi connectivity index (χ4n) is 1.84. The van der Waals surface area contributed by atoms with E-state index in [9.17, 15) is 14.5 Å². The van der Waals surface area contributed by atoms with E-state index in [1.165, 1.54) is 12.1 Å². The second-order valence-electron chi connectivity index (χ2n) is 4.20. The summed E-state index contributed by atoms with van der Waals surface area (Å²) in [4.78, 5) is 10.1. The minimum absolute atomic E-state index is 0.184. The lowest BCUT2D eigenvalue weighted by atomic mass is 10.1. The second-order valence-corrected chi connectivity index (χ2v) is 4.63. The van der Waals surface area contributed by atoms with Crippen LogP contribution in [0.4, 0.5) is 15.8 Å². The summed E-state index contributed by atoms with van der Waals surface area (Å²) in [5, 5.41) is 14.4. The van der Waals surface area contributed by atoms with Crippen molar-refractivity contribution in [3.05, 3.63) is 69.0 Å². The van der Waals surface area contributed by atoms with Crippen LogP contribution >= 0.6 is 11.6 Å². The molecule has 2 aromatic carbocycles. The Labute approximate surface area is 120 Å². The zero-order chi connectivity index (χ0) is 14.5. The average Bonchev–Trinajstić information content (AvgIpc) is 2.40. The summed E-state index contributed by atoms with van der Waals surface area (Å²) in [6.45, 7) is 0.464. The van der Waals surface area contributed by atoms with Crippen LogP contribution in [0, 0.1) is 15.9 Å². The molecule has 0 aliphatic heterocycles. The fraction of sp³-hybridized carbons (Fsp3) is 0.143. The number of hydrogen-bond acceptors (Lipinski definition) is 3. The number of hydrogen-bond donors (Lipinski definition) is 1. The first kappa shape index (κ1) is 14.3. The summed E-state index contributed by atoms with van der Waals surface area (Å²) >= 11 is 5.78. The predicted molar refractivity (Wildman–Crippen MR) is 76.7 cm³/mol. The van der Waals surface area contributed by atoms with Gasteiger partial charge in [0.1, 0.15) is 5.69 Å². The topological polar surface area (TPSA) is 55.2 Å². The molecule has 20 heavy (non-hydrogen) atoms. The highest BCUT2D eigenvalue weighted by Crippen LogP contribution is 2.27. The van der Waals surface area contributed by atoms with E-state index >= 15 is 0 Å². The van der Waals surface area contributed by atoms with Crippen molar-refractivity contribution in [2.24, 2.45) is 0 Å². The minimum atomic E-state index is -0.841. The number of nitro benzene ring substituents is 1. The molecule has 6 heteroatoms. The normalized spacial score (nSPS) is 10.3. The van der Waals surface area contributed by atoms with Gasteiger partial charge >= 0.3 is 5.69 Å². The molecule has 0 bridgehead atoms. The summed E-state index contributed by atoms with van der Waals surface area (Å²) < 4.78 is 13.4. The van der Waals surface area contributed by atoms with Crippen LogP contribution < -0.4 is 5.32 Å². The molecule has 0 aromatic heterocycles. The standard InChI is InChI=1S/C14H12ClFN2O2/c15-11-6-4-10(5-7-11)8-9-17-13-3-1-2-12(16)14(13)18(19)20/h1-7,17H,8-9H2.